The zero-order chi connectivity index (χ0) is 15.4. The number of thiophene rings is 2. The van der Waals surface area contributed by atoms with E-state index in [2.05, 4.69) is 38.9 Å². The molecule has 2 amide bonds. The summed E-state index contributed by atoms with van der Waals surface area (Å²) in [7, 11) is 0. The van der Waals surface area contributed by atoms with Crippen LogP contribution in [0.1, 0.15) is 4.88 Å². The van der Waals surface area contributed by atoms with Crippen LogP contribution in [-0.4, -0.2) is 6.03 Å². The van der Waals surface area contributed by atoms with Crippen LogP contribution < -0.4 is 10.6 Å². The third-order valence-electron chi connectivity index (χ3n) is 3.05. The fourth-order valence-electron chi connectivity index (χ4n) is 1.95. The fraction of sp³-hybridized carbons (Fsp3) is 0.0625. The maximum atomic E-state index is 11.9. The van der Waals surface area contributed by atoms with Gasteiger partial charge in [-0.05, 0) is 51.5 Å². The van der Waals surface area contributed by atoms with E-state index in [9.17, 15) is 4.79 Å². The van der Waals surface area contributed by atoms with Crippen LogP contribution in [0.15, 0.2) is 52.5 Å². The maximum absolute atomic E-state index is 11.9. The summed E-state index contributed by atoms with van der Waals surface area (Å²) in [5.74, 6) is 0. The fourth-order valence-corrected chi connectivity index (χ4v) is 3.63. The predicted molar refractivity (Wildman–Crippen MR) is 94.9 cm³/mol. The predicted octanol–water partition coefficient (Wildman–Crippen LogP) is 5.45. The highest BCUT2D eigenvalue weighted by atomic mass is 35.5. The number of amides is 2. The third kappa shape index (κ3) is 3.68. The highest BCUT2D eigenvalue weighted by Gasteiger charge is 2.07. The quantitative estimate of drug-likeness (QED) is 0.646. The van der Waals surface area contributed by atoms with Crippen LogP contribution in [-0.2, 0) is 6.54 Å². The molecule has 0 atom stereocenters. The number of carbonyl (C=O) groups excluding carboxylic acids is 1. The second-order valence-electron chi connectivity index (χ2n) is 4.60. The third-order valence-corrected chi connectivity index (χ3v) is 5.00. The number of carbonyl (C=O) groups is 1. The molecule has 22 heavy (non-hydrogen) atoms. The lowest BCUT2D eigenvalue weighted by atomic mass is 10.2. The first-order valence-corrected chi connectivity index (χ1v) is 8.82. The Balaban J connectivity index is 1.56. The van der Waals surface area contributed by atoms with E-state index in [4.69, 9.17) is 11.6 Å². The van der Waals surface area contributed by atoms with Crippen molar-refractivity contribution in [1.29, 1.82) is 0 Å². The Kier molecular flexibility index (Phi) is 4.77. The molecule has 3 nitrogen and oxygen atoms in total. The van der Waals surface area contributed by atoms with Gasteiger partial charge in [0.15, 0.2) is 0 Å². The number of para-hydroxylation sites is 1. The molecule has 0 unspecified atom stereocenters. The molecule has 6 heteroatoms. The van der Waals surface area contributed by atoms with Crippen LogP contribution in [0.3, 0.4) is 0 Å². The number of halogens is 1. The molecule has 0 bridgehead atoms. The number of hydrogen-bond acceptors (Lipinski definition) is 3. The average Bonchev–Trinajstić information content (AvgIpc) is 3.18. The van der Waals surface area contributed by atoms with Gasteiger partial charge in [0.25, 0.3) is 0 Å². The molecule has 2 N–H and O–H groups in total. The van der Waals surface area contributed by atoms with Gasteiger partial charge in [0.05, 0.1) is 17.3 Å². The molecule has 0 spiro atoms. The minimum atomic E-state index is -0.265. The Morgan fingerprint density at radius 1 is 1.14 bits per heavy atom. The van der Waals surface area contributed by atoms with E-state index in [1.54, 1.807) is 34.8 Å². The minimum absolute atomic E-state index is 0.265. The standard InChI is InChI=1S/C16H13ClN2OS2/c17-14-3-1-2-4-15(14)19-16(20)18-8-13-7-12(10-22-13)11-5-6-21-9-11/h1-7,9-10H,8H2,(H2,18,19,20). The van der Waals surface area contributed by atoms with E-state index in [0.717, 1.165) is 4.88 Å². The second-order valence-corrected chi connectivity index (χ2v) is 6.78. The summed E-state index contributed by atoms with van der Waals surface area (Å²) in [6.07, 6.45) is 0. The summed E-state index contributed by atoms with van der Waals surface area (Å²) < 4.78 is 0. The summed E-state index contributed by atoms with van der Waals surface area (Å²) >= 11 is 9.32. The van der Waals surface area contributed by atoms with E-state index in [1.807, 2.05) is 12.1 Å². The van der Waals surface area contributed by atoms with Gasteiger partial charge in [-0.3, -0.25) is 0 Å². The highest BCUT2D eigenvalue weighted by molar-refractivity contribution is 7.10. The zero-order valence-electron chi connectivity index (χ0n) is 11.5. The minimum Gasteiger partial charge on any atom is -0.333 e. The molecule has 0 radical (unpaired) electrons. The molecule has 0 fully saturated rings. The molecule has 2 heterocycles. The Bertz CT molecular complexity index is 768. The van der Waals surface area contributed by atoms with E-state index < -0.39 is 0 Å². The molecule has 112 valence electrons. The second kappa shape index (κ2) is 6.96. The lowest BCUT2D eigenvalue weighted by Gasteiger charge is -2.07. The smallest absolute Gasteiger partial charge is 0.319 e. The first-order valence-electron chi connectivity index (χ1n) is 6.62. The van der Waals surface area contributed by atoms with Crippen LogP contribution in [0.4, 0.5) is 10.5 Å². The molecule has 0 aliphatic carbocycles. The number of rotatable bonds is 4. The molecule has 3 rings (SSSR count). The van der Waals surface area contributed by atoms with Crippen molar-refractivity contribution in [3.63, 3.8) is 0 Å². The lowest BCUT2D eigenvalue weighted by Crippen LogP contribution is -2.27. The van der Waals surface area contributed by atoms with Crippen molar-refractivity contribution < 1.29 is 4.79 Å². The Labute approximate surface area is 141 Å². The van der Waals surface area contributed by atoms with Crippen LogP contribution in [0.2, 0.25) is 5.02 Å². The van der Waals surface area contributed by atoms with Crippen LogP contribution in [0, 0.1) is 0 Å². The SMILES string of the molecule is O=C(NCc1cc(-c2ccsc2)cs1)Nc1ccccc1Cl. The highest BCUT2D eigenvalue weighted by Crippen LogP contribution is 2.27. The van der Waals surface area contributed by atoms with Gasteiger partial charge < -0.3 is 10.6 Å². The summed E-state index contributed by atoms with van der Waals surface area (Å²) in [4.78, 5) is 13.0. The molecule has 3 aromatic rings. The van der Waals surface area contributed by atoms with E-state index >= 15 is 0 Å². The largest absolute Gasteiger partial charge is 0.333 e. The normalized spacial score (nSPS) is 10.4. The first-order chi connectivity index (χ1) is 10.7. The summed E-state index contributed by atoms with van der Waals surface area (Å²) in [5, 5.41) is 12.4. The van der Waals surface area contributed by atoms with Gasteiger partial charge in [0, 0.05) is 4.88 Å². The van der Waals surface area contributed by atoms with Crippen molar-refractivity contribution in [2.45, 2.75) is 6.54 Å². The molecule has 1 aromatic carbocycles. The molecular weight excluding hydrogens is 336 g/mol. The zero-order valence-corrected chi connectivity index (χ0v) is 13.9. The average molecular weight is 349 g/mol. The van der Waals surface area contributed by atoms with Gasteiger partial charge in [0.2, 0.25) is 0 Å². The van der Waals surface area contributed by atoms with Crippen molar-refractivity contribution in [2.24, 2.45) is 0 Å². The lowest BCUT2D eigenvalue weighted by molar-refractivity contribution is 0.252. The summed E-state index contributed by atoms with van der Waals surface area (Å²) in [6, 6.07) is 11.1. The maximum Gasteiger partial charge on any atom is 0.319 e. The van der Waals surface area contributed by atoms with Crippen molar-refractivity contribution in [3.05, 3.63) is 62.4 Å². The van der Waals surface area contributed by atoms with Gasteiger partial charge in [0.1, 0.15) is 0 Å². The number of anilines is 1. The number of hydrogen-bond donors (Lipinski definition) is 2. The molecule has 0 aliphatic rings. The van der Waals surface area contributed by atoms with Crippen molar-refractivity contribution in [3.8, 4) is 11.1 Å². The van der Waals surface area contributed by atoms with Gasteiger partial charge in [-0.2, -0.15) is 11.3 Å². The van der Waals surface area contributed by atoms with Gasteiger partial charge >= 0.3 is 6.03 Å². The van der Waals surface area contributed by atoms with Gasteiger partial charge in [-0.15, -0.1) is 11.3 Å². The van der Waals surface area contributed by atoms with E-state index in [1.165, 1.54) is 11.1 Å². The van der Waals surface area contributed by atoms with Crippen molar-refractivity contribution in [2.75, 3.05) is 5.32 Å². The molecule has 0 aliphatic heterocycles. The van der Waals surface area contributed by atoms with E-state index in [0.29, 0.717) is 17.3 Å². The van der Waals surface area contributed by atoms with Crippen molar-refractivity contribution in [1.82, 2.24) is 5.32 Å². The van der Waals surface area contributed by atoms with Crippen LogP contribution in [0.25, 0.3) is 11.1 Å². The molecular formula is C16H13ClN2OS2. The number of nitrogens with one attached hydrogen (secondary N) is 2. The Morgan fingerprint density at radius 2 is 2.00 bits per heavy atom. The Morgan fingerprint density at radius 3 is 2.77 bits per heavy atom. The number of urea groups is 1. The van der Waals surface area contributed by atoms with E-state index in [-0.39, 0.29) is 6.03 Å². The summed E-state index contributed by atoms with van der Waals surface area (Å²) in [5.41, 5.74) is 3.01. The molecule has 0 saturated carbocycles. The molecule has 0 saturated heterocycles. The van der Waals surface area contributed by atoms with Crippen molar-refractivity contribution >= 4 is 46.0 Å². The van der Waals surface area contributed by atoms with Gasteiger partial charge in [-0.25, -0.2) is 4.79 Å². The first kappa shape index (κ1) is 15.1. The Hall–Kier alpha value is -1.82. The van der Waals surface area contributed by atoms with Gasteiger partial charge in [-0.1, -0.05) is 23.7 Å². The molecule has 2 aromatic heterocycles. The monoisotopic (exact) mass is 348 g/mol. The summed E-state index contributed by atoms with van der Waals surface area (Å²) in [6.45, 7) is 0.491. The topological polar surface area (TPSA) is 41.1 Å². The number of benzene rings is 1. The van der Waals surface area contributed by atoms with Crippen LogP contribution >= 0.6 is 34.3 Å². The van der Waals surface area contributed by atoms with Crippen LogP contribution in [0.5, 0.6) is 0 Å².